The molecule has 63 heavy (non-hydrogen) atoms. The number of hydrogen-bond acceptors (Lipinski definition) is 4. The van der Waals surface area contributed by atoms with E-state index in [4.69, 9.17) is 19.4 Å². The Kier molecular flexibility index (Phi) is 8.79. The third-order valence-corrected chi connectivity index (χ3v) is 12.1. The number of fused-ring (bicyclic) bond motifs is 6. The molecule has 0 spiro atoms. The Labute approximate surface area is 364 Å². The van der Waals surface area contributed by atoms with Gasteiger partial charge in [-0.1, -0.05) is 188 Å². The molecule has 12 aromatic rings. The van der Waals surface area contributed by atoms with E-state index in [1.54, 1.807) is 0 Å². The molecule has 294 valence electrons. The SMILES string of the molecule is c1ccc(-c2ccc(-c3cc(-c4cccc(-c5cccc(-c6c7c(cc8c(-c9ccccc9)nc9ccccc9c68)oc6ccccc67)c5)c4)nc(-c4ccccc4)n3)cc2)cc1. The van der Waals surface area contributed by atoms with Crippen molar-refractivity contribution in [3.8, 4) is 78.5 Å². The zero-order valence-electron chi connectivity index (χ0n) is 34.1. The first kappa shape index (κ1) is 36.4. The summed E-state index contributed by atoms with van der Waals surface area (Å²) in [7, 11) is 0. The van der Waals surface area contributed by atoms with Crippen molar-refractivity contribution in [3.05, 3.63) is 224 Å². The van der Waals surface area contributed by atoms with Crippen LogP contribution in [-0.2, 0) is 0 Å². The van der Waals surface area contributed by atoms with Gasteiger partial charge in [-0.25, -0.2) is 15.0 Å². The molecule has 0 bridgehead atoms. The van der Waals surface area contributed by atoms with Gasteiger partial charge in [-0.15, -0.1) is 0 Å². The van der Waals surface area contributed by atoms with Crippen molar-refractivity contribution in [1.29, 1.82) is 0 Å². The summed E-state index contributed by atoms with van der Waals surface area (Å²) in [5.41, 5.74) is 16.2. The van der Waals surface area contributed by atoms with Gasteiger partial charge in [0.2, 0.25) is 0 Å². The molecular formula is C59H37N3O. The van der Waals surface area contributed by atoms with Gasteiger partial charge in [0.1, 0.15) is 11.2 Å². The Bertz CT molecular complexity index is 3650. The lowest BCUT2D eigenvalue weighted by Crippen LogP contribution is -1.96. The minimum absolute atomic E-state index is 0.687. The van der Waals surface area contributed by atoms with E-state index >= 15 is 0 Å². The lowest BCUT2D eigenvalue weighted by Gasteiger charge is -2.16. The summed E-state index contributed by atoms with van der Waals surface area (Å²) < 4.78 is 6.67. The van der Waals surface area contributed by atoms with Crippen molar-refractivity contribution < 1.29 is 4.42 Å². The van der Waals surface area contributed by atoms with E-state index < -0.39 is 0 Å². The van der Waals surface area contributed by atoms with Crippen molar-refractivity contribution in [2.45, 2.75) is 0 Å². The molecule has 0 aliphatic carbocycles. The molecule has 0 radical (unpaired) electrons. The Morgan fingerprint density at radius 2 is 0.810 bits per heavy atom. The highest BCUT2D eigenvalue weighted by atomic mass is 16.3. The summed E-state index contributed by atoms with van der Waals surface area (Å²) in [6.45, 7) is 0. The second-order valence-corrected chi connectivity index (χ2v) is 15.9. The number of pyridine rings is 1. The van der Waals surface area contributed by atoms with Crippen molar-refractivity contribution >= 4 is 43.6 Å². The zero-order valence-corrected chi connectivity index (χ0v) is 34.1. The van der Waals surface area contributed by atoms with Gasteiger partial charge in [-0.3, -0.25) is 0 Å². The van der Waals surface area contributed by atoms with Gasteiger partial charge in [0, 0.05) is 54.7 Å². The molecule has 0 saturated carbocycles. The Hall–Kier alpha value is -8.47. The summed E-state index contributed by atoms with van der Waals surface area (Å²) >= 11 is 0. The molecule has 0 saturated heterocycles. The van der Waals surface area contributed by atoms with Gasteiger partial charge in [0.05, 0.1) is 22.6 Å². The first-order valence-corrected chi connectivity index (χ1v) is 21.3. The van der Waals surface area contributed by atoms with Gasteiger partial charge in [0.15, 0.2) is 5.82 Å². The van der Waals surface area contributed by atoms with E-state index in [9.17, 15) is 0 Å². The second-order valence-electron chi connectivity index (χ2n) is 15.9. The summed E-state index contributed by atoms with van der Waals surface area (Å²) in [4.78, 5) is 15.6. The van der Waals surface area contributed by atoms with E-state index in [0.717, 1.165) is 105 Å². The molecule has 3 heterocycles. The normalized spacial score (nSPS) is 11.5. The van der Waals surface area contributed by atoms with E-state index in [2.05, 4.69) is 188 Å². The molecule has 0 aliphatic heterocycles. The number of hydrogen-bond donors (Lipinski definition) is 0. The van der Waals surface area contributed by atoms with Crippen molar-refractivity contribution in [2.75, 3.05) is 0 Å². The first-order chi connectivity index (χ1) is 31.2. The van der Waals surface area contributed by atoms with Gasteiger partial charge >= 0.3 is 0 Å². The van der Waals surface area contributed by atoms with Crippen molar-refractivity contribution in [2.24, 2.45) is 0 Å². The molecule has 9 aromatic carbocycles. The first-order valence-electron chi connectivity index (χ1n) is 21.3. The minimum atomic E-state index is 0.687. The van der Waals surface area contributed by atoms with Crippen LogP contribution in [0.3, 0.4) is 0 Å². The third-order valence-electron chi connectivity index (χ3n) is 12.1. The molecule has 0 amide bonds. The van der Waals surface area contributed by atoms with E-state index in [0.29, 0.717) is 5.82 Å². The predicted molar refractivity (Wildman–Crippen MR) is 260 cm³/mol. The fraction of sp³-hybridized carbons (Fsp3) is 0. The predicted octanol–water partition coefficient (Wildman–Crippen LogP) is 15.7. The Morgan fingerprint density at radius 3 is 1.54 bits per heavy atom. The van der Waals surface area contributed by atoms with Gasteiger partial charge in [-0.2, -0.15) is 0 Å². The molecule has 0 N–H and O–H groups in total. The number of aromatic nitrogens is 3. The molecular weight excluding hydrogens is 767 g/mol. The smallest absolute Gasteiger partial charge is 0.160 e. The molecule has 0 unspecified atom stereocenters. The number of furan rings is 1. The number of rotatable bonds is 7. The molecule has 4 nitrogen and oxygen atoms in total. The fourth-order valence-corrected chi connectivity index (χ4v) is 9.06. The molecule has 12 rings (SSSR count). The van der Waals surface area contributed by atoms with Crippen LogP contribution < -0.4 is 0 Å². The minimum Gasteiger partial charge on any atom is -0.456 e. The number of nitrogens with zero attached hydrogens (tertiary/aromatic N) is 3. The van der Waals surface area contributed by atoms with Crippen LogP contribution in [0.1, 0.15) is 0 Å². The summed E-state index contributed by atoms with van der Waals surface area (Å²) in [6, 6.07) is 78.6. The molecule has 3 aromatic heterocycles. The lowest BCUT2D eigenvalue weighted by atomic mass is 9.88. The highest BCUT2D eigenvalue weighted by Gasteiger charge is 2.22. The number of benzene rings is 9. The van der Waals surface area contributed by atoms with Gasteiger partial charge in [-0.05, 0) is 64.2 Å². The van der Waals surface area contributed by atoms with Crippen LogP contribution in [0.25, 0.3) is 122 Å². The topological polar surface area (TPSA) is 51.8 Å². The van der Waals surface area contributed by atoms with Crippen LogP contribution in [-0.4, -0.2) is 15.0 Å². The summed E-state index contributed by atoms with van der Waals surface area (Å²) in [6.07, 6.45) is 0. The van der Waals surface area contributed by atoms with Gasteiger partial charge in [0.25, 0.3) is 0 Å². The third kappa shape index (κ3) is 6.53. The quantitative estimate of drug-likeness (QED) is 0.151. The molecule has 0 aliphatic rings. The standard InChI is InChI=1S/C59H37N3O/c1-4-16-38(17-5-1)39-30-32-40(33-31-39)51-37-52(62-59(61-51)42-20-8-3-9-21-42)45-24-14-22-43(34-45)44-23-15-25-46(35-44)55-56-47-26-10-12-28-50(47)60-58(41-18-6-2-7-19-41)49(56)36-54-57(55)48-27-11-13-29-53(48)63-54/h1-37H. The van der Waals surface area contributed by atoms with Crippen LogP contribution in [0, 0.1) is 0 Å². The van der Waals surface area contributed by atoms with Crippen LogP contribution in [0.5, 0.6) is 0 Å². The Balaban J connectivity index is 1.03. The zero-order chi connectivity index (χ0) is 41.7. The number of para-hydroxylation sites is 2. The molecule has 4 heteroatoms. The molecule has 0 fully saturated rings. The maximum Gasteiger partial charge on any atom is 0.160 e. The molecule has 0 atom stereocenters. The lowest BCUT2D eigenvalue weighted by molar-refractivity contribution is 0.669. The highest BCUT2D eigenvalue weighted by molar-refractivity contribution is 6.27. The van der Waals surface area contributed by atoms with E-state index in [1.165, 1.54) is 11.1 Å². The van der Waals surface area contributed by atoms with Crippen LogP contribution in [0.15, 0.2) is 229 Å². The largest absolute Gasteiger partial charge is 0.456 e. The summed E-state index contributed by atoms with van der Waals surface area (Å²) in [5, 5.41) is 5.49. The monoisotopic (exact) mass is 803 g/mol. The highest BCUT2D eigenvalue weighted by Crippen LogP contribution is 2.47. The van der Waals surface area contributed by atoms with Crippen LogP contribution >= 0.6 is 0 Å². The van der Waals surface area contributed by atoms with Crippen LogP contribution in [0.2, 0.25) is 0 Å². The Morgan fingerprint density at radius 1 is 0.286 bits per heavy atom. The maximum absolute atomic E-state index is 6.67. The van der Waals surface area contributed by atoms with E-state index in [1.807, 2.05) is 36.4 Å². The average Bonchev–Trinajstić information content (AvgIpc) is 3.74. The van der Waals surface area contributed by atoms with Crippen molar-refractivity contribution in [3.63, 3.8) is 0 Å². The van der Waals surface area contributed by atoms with E-state index in [-0.39, 0.29) is 0 Å². The maximum atomic E-state index is 6.67. The van der Waals surface area contributed by atoms with Crippen molar-refractivity contribution in [1.82, 2.24) is 15.0 Å². The van der Waals surface area contributed by atoms with Gasteiger partial charge < -0.3 is 4.42 Å². The fourth-order valence-electron chi connectivity index (χ4n) is 9.06. The van der Waals surface area contributed by atoms with Crippen LogP contribution in [0.4, 0.5) is 0 Å². The second kappa shape index (κ2) is 15.2. The summed E-state index contributed by atoms with van der Waals surface area (Å²) in [5.74, 6) is 0.687. The average molecular weight is 804 g/mol.